The minimum Gasteiger partial charge on any atom is -0.481 e. The van der Waals surface area contributed by atoms with Gasteiger partial charge in [-0.15, -0.1) is 0 Å². The molecule has 5 unspecified atom stereocenters. The van der Waals surface area contributed by atoms with Crippen molar-refractivity contribution in [3.05, 3.63) is 52.1 Å². The Morgan fingerprint density at radius 1 is 1.30 bits per heavy atom. The third-order valence-electron chi connectivity index (χ3n) is 5.13. The number of nitrogens with one attached hydrogen (secondary N) is 1. The maximum Gasteiger partial charge on any atom is 0.230 e. The molecule has 2 bridgehead atoms. The molecule has 2 saturated heterocycles. The number of alkyl halides is 1. The van der Waals surface area contributed by atoms with E-state index in [0.29, 0.717) is 21.6 Å². The number of aromatic nitrogens is 1. The summed E-state index contributed by atoms with van der Waals surface area (Å²) in [7, 11) is 1.52. The number of rotatable bonds is 4. The fraction of sp³-hybridized carbons (Fsp3) is 0.368. The number of anilines is 1. The molecule has 142 valence electrons. The molecule has 5 nitrogen and oxygen atoms in total. The van der Waals surface area contributed by atoms with Crippen LogP contribution < -0.4 is 10.1 Å². The van der Waals surface area contributed by atoms with Crippen LogP contribution in [0.3, 0.4) is 0 Å². The van der Waals surface area contributed by atoms with E-state index in [2.05, 4.69) is 10.3 Å². The van der Waals surface area contributed by atoms with Crippen molar-refractivity contribution in [2.24, 2.45) is 5.92 Å². The Kier molecular flexibility index (Phi) is 4.97. The average molecular weight is 411 g/mol. The van der Waals surface area contributed by atoms with Crippen LogP contribution in [0.1, 0.15) is 17.9 Å². The Morgan fingerprint density at radius 2 is 2.11 bits per heavy atom. The van der Waals surface area contributed by atoms with Gasteiger partial charge >= 0.3 is 0 Å². The quantitative estimate of drug-likeness (QED) is 0.818. The number of hydrogen-bond acceptors (Lipinski definition) is 4. The zero-order valence-corrected chi connectivity index (χ0v) is 15.9. The predicted octanol–water partition coefficient (Wildman–Crippen LogP) is 4.24. The molecule has 2 aromatic rings. The van der Waals surface area contributed by atoms with Gasteiger partial charge in [-0.2, -0.15) is 0 Å². The monoisotopic (exact) mass is 410 g/mol. The van der Waals surface area contributed by atoms with E-state index in [9.17, 15) is 9.18 Å². The first kappa shape index (κ1) is 18.5. The molecule has 27 heavy (non-hydrogen) atoms. The molecule has 3 heterocycles. The highest BCUT2D eigenvalue weighted by Crippen LogP contribution is 2.50. The number of benzene rings is 1. The Hall–Kier alpha value is -1.89. The second-order valence-electron chi connectivity index (χ2n) is 6.69. The lowest BCUT2D eigenvalue weighted by molar-refractivity contribution is -0.122. The Balaban J connectivity index is 1.63. The van der Waals surface area contributed by atoms with E-state index in [-0.39, 0.29) is 24.3 Å². The summed E-state index contributed by atoms with van der Waals surface area (Å²) in [6, 6.07) is 8.39. The first-order chi connectivity index (χ1) is 13.0. The molecular formula is C19H17Cl2FN2O3. The Morgan fingerprint density at radius 3 is 2.85 bits per heavy atom. The molecule has 0 aliphatic carbocycles. The molecule has 2 fully saturated rings. The summed E-state index contributed by atoms with van der Waals surface area (Å²) in [5, 5.41) is 3.53. The van der Waals surface area contributed by atoms with Crippen molar-refractivity contribution in [3.63, 3.8) is 0 Å². The summed E-state index contributed by atoms with van der Waals surface area (Å²) in [5.74, 6) is -0.818. The summed E-state index contributed by atoms with van der Waals surface area (Å²) in [6.07, 6.45) is -0.416. The van der Waals surface area contributed by atoms with E-state index < -0.39 is 18.2 Å². The summed E-state index contributed by atoms with van der Waals surface area (Å²) >= 11 is 11.9. The second kappa shape index (κ2) is 7.26. The van der Waals surface area contributed by atoms with E-state index in [1.165, 1.54) is 7.11 Å². The van der Waals surface area contributed by atoms with Crippen LogP contribution in [-0.2, 0) is 9.53 Å². The highest BCUT2D eigenvalue weighted by molar-refractivity contribution is 6.42. The van der Waals surface area contributed by atoms with Gasteiger partial charge in [0.2, 0.25) is 11.8 Å². The van der Waals surface area contributed by atoms with E-state index in [1.54, 1.807) is 30.5 Å². The lowest BCUT2D eigenvalue weighted by Gasteiger charge is -2.29. The van der Waals surface area contributed by atoms with Crippen molar-refractivity contribution >= 4 is 34.8 Å². The first-order valence-electron chi connectivity index (χ1n) is 8.53. The fourth-order valence-corrected chi connectivity index (χ4v) is 4.25. The normalized spacial score (nSPS) is 29.0. The minimum atomic E-state index is -1.17. The van der Waals surface area contributed by atoms with Crippen LogP contribution in [0.4, 0.5) is 10.1 Å². The molecule has 1 amide bonds. The SMILES string of the molecule is COc1cc(C2C3CC(F)C(O3)C2C(=O)Nc2ccc(Cl)c(Cl)c2)ccn1. The maximum atomic E-state index is 14.3. The van der Waals surface area contributed by atoms with E-state index in [1.807, 2.05) is 6.07 Å². The van der Waals surface area contributed by atoms with Crippen LogP contribution in [-0.4, -0.2) is 36.4 Å². The topological polar surface area (TPSA) is 60.5 Å². The highest BCUT2D eigenvalue weighted by Gasteiger charge is 2.57. The fourth-order valence-electron chi connectivity index (χ4n) is 3.95. The van der Waals surface area contributed by atoms with Gasteiger partial charge in [0.1, 0.15) is 12.3 Å². The van der Waals surface area contributed by atoms with Crippen LogP contribution in [0.15, 0.2) is 36.5 Å². The van der Waals surface area contributed by atoms with Crippen LogP contribution in [0.2, 0.25) is 10.0 Å². The number of nitrogens with zero attached hydrogens (tertiary/aromatic N) is 1. The van der Waals surface area contributed by atoms with Crippen LogP contribution in [0, 0.1) is 5.92 Å². The van der Waals surface area contributed by atoms with Gasteiger partial charge in [-0.25, -0.2) is 9.37 Å². The summed E-state index contributed by atoms with van der Waals surface area (Å²) in [6.45, 7) is 0. The lowest BCUT2D eigenvalue weighted by Crippen LogP contribution is -2.40. The van der Waals surface area contributed by atoms with E-state index in [0.717, 1.165) is 5.56 Å². The molecule has 1 aromatic carbocycles. The Labute approximate surface area is 165 Å². The zero-order chi connectivity index (χ0) is 19.1. The van der Waals surface area contributed by atoms with Gasteiger partial charge in [0.25, 0.3) is 0 Å². The molecule has 1 N–H and O–H groups in total. The molecular weight excluding hydrogens is 394 g/mol. The predicted molar refractivity (Wildman–Crippen MR) is 100 cm³/mol. The molecule has 0 radical (unpaired) electrons. The number of hydrogen-bond donors (Lipinski definition) is 1. The second-order valence-corrected chi connectivity index (χ2v) is 7.51. The molecule has 1 aromatic heterocycles. The third kappa shape index (κ3) is 3.37. The number of fused-ring (bicyclic) bond motifs is 2. The van der Waals surface area contributed by atoms with Crippen LogP contribution in [0.5, 0.6) is 5.88 Å². The zero-order valence-electron chi connectivity index (χ0n) is 14.4. The maximum absolute atomic E-state index is 14.3. The number of methoxy groups -OCH3 is 1. The smallest absolute Gasteiger partial charge is 0.230 e. The van der Waals surface area contributed by atoms with Crippen molar-refractivity contribution in [1.29, 1.82) is 0 Å². The molecule has 8 heteroatoms. The van der Waals surface area contributed by atoms with Crippen molar-refractivity contribution in [2.75, 3.05) is 12.4 Å². The van der Waals surface area contributed by atoms with Gasteiger partial charge in [0, 0.05) is 30.3 Å². The summed E-state index contributed by atoms with van der Waals surface area (Å²) < 4.78 is 25.3. The van der Waals surface area contributed by atoms with Crippen molar-refractivity contribution in [2.45, 2.75) is 30.7 Å². The van der Waals surface area contributed by atoms with Gasteiger partial charge in [-0.1, -0.05) is 23.2 Å². The largest absolute Gasteiger partial charge is 0.481 e. The molecule has 5 atom stereocenters. The van der Waals surface area contributed by atoms with E-state index >= 15 is 0 Å². The van der Waals surface area contributed by atoms with Crippen LogP contribution in [0.25, 0.3) is 0 Å². The minimum absolute atomic E-state index is 0.274. The van der Waals surface area contributed by atoms with E-state index in [4.69, 9.17) is 32.7 Å². The summed E-state index contributed by atoms with van der Waals surface area (Å²) in [4.78, 5) is 17.1. The third-order valence-corrected chi connectivity index (χ3v) is 5.87. The number of ether oxygens (including phenoxy) is 2. The van der Waals surface area contributed by atoms with Gasteiger partial charge in [-0.05, 0) is 29.8 Å². The van der Waals surface area contributed by atoms with Gasteiger partial charge < -0.3 is 14.8 Å². The van der Waals surface area contributed by atoms with Gasteiger partial charge in [-0.3, -0.25) is 4.79 Å². The average Bonchev–Trinajstić information content (AvgIpc) is 3.21. The Bertz CT molecular complexity index is 882. The van der Waals surface area contributed by atoms with Crippen molar-refractivity contribution < 1.29 is 18.7 Å². The first-order valence-corrected chi connectivity index (χ1v) is 9.29. The van der Waals surface area contributed by atoms with Crippen LogP contribution >= 0.6 is 23.2 Å². The lowest BCUT2D eigenvalue weighted by atomic mass is 9.74. The number of amides is 1. The standard InChI is InChI=1S/C19H17Cl2FN2O3/c1-26-15-6-9(4-5-23-15)16-14-8-13(22)18(27-14)17(16)19(25)24-10-2-3-11(20)12(21)7-10/h2-7,13-14,16-18H,8H2,1H3,(H,24,25). The van der Waals surface area contributed by atoms with Crippen molar-refractivity contribution in [3.8, 4) is 5.88 Å². The van der Waals surface area contributed by atoms with Gasteiger partial charge in [0.05, 0.1) is 29.2 Å². The highest BCUT2D eigenvalue weighted by atomic mass is 35.5. The van der Waals surface area contributed by atoms with Gasteiger partial charge in [0.15, 0.2) is 0 Å². The number of halogens is 3. The molecule has 2 aliphatic rings. The molecule has 0 saturated carbocycles. The summed E-state index contributed by atoms with van der Waals surface area (Å²) in [5.41, 5.74) is 1.34. The molecule has 2 aliphatic heterocycles. The molecule has 4 rings (SSSR count). The van der Waals surface area contributed by atoms with Crippen molar-refractivity contribution in [1.82, 2.24) is 4.98 Å². The molecule has 0 spiro atoms. The number of carbonyl (C=O) groups excluding carboxylic acids is 1. The number of carbonyl (C=O) groups is 1. The number of pyridine rings is 1.